The highest BCUT2D eigenvalue weighted by Gasteiger charge is 2.17. The third-order valence-electron chi connectivity index (χ3n) is 3.55. The molecule has 0 aliphatic rings. The molecule has 1 heterocycles. The zero-order chi connectivity index (χ0) is 20.7. The minimum atomic E-state index is -3.03. The van der Waals surface area contributed by atoms with Crippen LogP contribution in [-0.2, 0) is 11.3 Å². The first-order chi connectivity index (χ1) is 13.4. The van der Waals surface area contributed by atoms with Gasteiger partial charge in [0.25, 0.3) is 0 Å². The lowest BCUT2D eigenvalue weighted by Gasteiger charge is -2.11. The van der Waals surface area contributed by atoms with Crippen molar-refractivity contribution in [3.05, 3.63) is 35.5 Å². The number of aliphatic carboxylic acids is 1. The van der Waals surface area contributed by atoms with Crippen molar-refractivity contribution in [3.63, 3.8) is 0 Å². The van der Waals surface area contributed by atoms with E-state index in [0.717, 1.165) is 6.08 Å². The van der Waals surface area contributed by atoms with Gasteiger partial charge in [0.2, 0.25) is 0 Å². The van der Waals surface area contributed by atoms with Gasteiger partial charge in [0.05, 0.1) is 31.8 Å². The molecule has 0 bridgehead atoms. The van der Waals surface area contributed by atoms with Crippen LogP contribution in [0.2, 0.25) is 0 Å². The van der Waals surface area contributed by atoms with Crippen LogP contribution < -0.4 is 9.47 Å². The van der Waals surface area contributed by atoms with Crippen LogP contribution in [0.3, 0.4) is 0 Å². The maximum absolute atomic E-state index is 12.5. The van der Waals surface area contributed by atoms with E-state index >= 15 is 0 Å². The molecular formula is C18H14F2N4O4. The van der Waals surface area contributed by atoms with Gasteiger partial charge in [-0.15, -0.1) is 0 Å². The molecule has 0 unspecified atom stereocenters. The topological polar surface area (TPSA) is 121 Å². The number of nitriles is 2. The Morgan fingerprint density at radius 3 is 2.71 bits per heavy atom. The Hall–Kier alpha value is -3.92. The number of nitrogens with zero attached hydrogens (tertiary/aromatic N) is 4. The molecule has 0 saturated heterocycles. The van der Waals surface area contributed by atoms with Gasteiger partial charge in [-0.1, -0.05) is 0 Å². The van der Waals surface area contributed by atoms with E-state index in [-0.39, 0.29) is 30.2 Å². The largest absolute Gasteiger partial charge is 0.493 e. The number of halogens is 2. The van der Waals surface area contributed by atoms with Gasteiger partial charge in [0, 0.05) is 17.3 Å². The quantitative estimate of drug-likeness (QED) is 0.545. The second-order valence-electron chi connectivity index (χ2n) is 5.32. The fourth-order valence-corrected chi connectivity index (χ4v) is 2.35. The zero-order valence-electron chi connectivity index (χ0n) is 14.6. The summed E-state index contributed by atoms with van der Waals surface area (Å²) in [7, 11) is 1.28. The number of hydrogen-bond acceptors (Lipinski definition) is 6. The number of benzene rings is 1. The summed E-state index contributed by atoms with van der Waals surface area (Å²) < 4.78 is 35.8. The third kappa shape index (κ3) is 4.83. The van der Waals surface area contributed by atoms with Gasteiger partial charge in [-0.2, -0.15) is 24.4 Å². The number of carboxylic acids is 1. The van der Waals surface area contributed by atoms with Gasteiger partial charge < -0.3 is 14.6 Å². The maximum atomic E-state index is 12.5. The monoisotopic (exact) mass is 388 g/mol. The predicted molar refractivity (Wildman–Crippen MR) is 92.3 cm³/mol. The molecule has 28 heavy (non-hydrogen) atoms. The first-order valence-electron chi connectivity index (χ1n) is 7.82. The van der Waals surface area contributed by atoms with E-state index in [1.807, 2.05) is 6.07 Å². The first-order valence-corrected chi connectivity index (χ1v) is 7.82. The van der Waals surface area contributed by atoms with Crippen LogP contribution in [-0.4, -0.2) is 34.6 Å². The molecule has 0 amide bonds. The number of carbonyl (C=O) groups is 1. The van der Waals surface area contributed by atoms with Crippen molar-refractivity contribution < 1.29 is 28.2 Å². The Balaban J connectivity index is 2.57. The van der Waals surface area contributed by atoms with Crippen LogP contribution in [0.1, 0.15) is 12.0 Å². The van der Waals surface area contributed by atoms with Crippen LogP contribution in [0.25, 0.3) is 17.3 Å². The SMILES string of the molecule is COc1cc(-c2nn(CCC#N)cc2/C=C(/C#N)C(=O)O)ccc1OC(F)F. The molecule has 8 nitrogen and oxygen atoms in total. The number of ether oxygens (including phenoxy) is 2. The van der Waals surface area contributed by atoms with Gasteiger partial charge in [-0.3, -0.25) is 4.68 Å². The molecule has 0 aliphatic heterocycles. The van der Waals surface area contributed by atoms with Crippen LogP contribution in [0, 0.1) is 22.7 Å². The van der Waals surface area contributed by atoms with Gasteiger partial charge in [0.15, 0.2) is 11.5 Å². The van der Waals surface area contributed by atoms with Crippen molar-refractivity contribution >= 4 is 12.0 Å². The standard InChI is InChI=1S/C18H14F2N4O4/c1-27-15-8-11(3-4-14(15)28-18(19)20)16-13(7-12(9-22)17(25)26)10-24(23-16)6-2-5-21/h3-4,7-8,10,18H,2,6H2,1H3,(H,25,26)/b12-7-. The first kappa shape index (κ1) is 20.4. The molecule has 0 aliphatic carbocycles. The molecule has 1 aromatic carbocycles. The number of hydrogen-bond donors (Lipinski definition) is 1. The molecule has 0 spiro atoms. The predicted octanol–water partition coefficient (Wildman–Crippen LogP) is 3.07. The summed E-state index contributed by atoms with van der Waals surface area (Å²) in [5.41, 5.74) is 0.504. The van der Waals surface area contributed by atoms with Crippen LogP contribution >= 0.6 is 0 Å². The van der Waals surface area contributed by atoms with Gasteiger partial charge in [-0.05, 0) is 24.3 Å². The molecule has 0 saturated carbocycles. The van der Waals surface area contributed by atoms with Crippen molar-refractivity contribution in [2.75, 3.05) is 7.11 Å². The van der Waals surface area contributed by atoms with Crippen LogP contribution in [0.4, 0.5) is 8.78 Å². The number of aromatic nitrogens is 2. The number of aryl methyl sites for hydroxylation is 1. The minimum Gasteiger partial charge on any atom is -0.493 e. The molecule has 0 atom stereocenters. The molecule has 2 rings (SSSR count). The Bertz CT molecular complexity index is 986. The number of rotatable bonds is 8. The third-order valence-corrected chi connectivity index (χ3v) is 3.55. The summed E-state index contributed by atoms with van der Waals surface area (Å²) in [6, 6.07) is 7.66. The highest BCUT2D eigenvalue weighted by atomic mass is 19.3. The molecule has 1 aromatic heterocycles. The summed E-state index contributed by atoms with van der Waals surface area (Å²) in [5.74, 6) is -1.56. The Kier molecular flexibility index (Phi) is 6.66. The van der Waals surface area contributed by atoms with Crippen molar-refractivity contribution in [2.24, 2.45) is 0 Å². The number of methoxy groups -OCH3 is 1. The Morgan fingerprint density at radius 1 is 1.39 bits per heavy atom. The van der Waals surface area contributed by atoms with E-state index in [1.165, 1.54) is 36.2 Å². The van der Waals surface area contributed by atoms with E-state index in [9.17, 15) is 13.6 Å². The Labute approximate surface area is 158 Å². The highest BCUT2D eigenvalue weighted by molar-refractivity contribution is 5.97. The van der Waals surface area contributed by atoms with Gasteiger partial charge in [-0.25, -0.2) is 4.79 Å². The summed E-state index contributed by atoms with van der Waals surface area (Å²) in [5, 5.41) is 31.1. The van der Waals surface area contributed by atoms with Crippen molar-refractivity contribution in [1.29, 1.82) is 10.5 Å². The fourth-order valence-electron chi connectivity index (χ4n) is 2.35. The van der Waals surface area contributed by atoms with Crippen LogP contribution in [0.5, 0.6) is 11.5 Å². The van der Waals surface area contributed by atoms with Crippen molar-refractivity contribution in [1.82, 2.24) is 9.78 Å². The summed E-state index contributed by atoms with van der Waals surface area (Å²) in [6.07, 6.45) is 2.80. The minimum absolute atomic E-state index is 0.0260. The highest BCUT2D eigenvalue weighted by Crippen LogP contribution is 2.34. The second-order valence-corrected chi connectivity index (χ2v) is 5.32. The maximum Gasteiger partial charge on any atom is 0.387 e. The molecule has 2 aromatic rings. The lowest BCUT2D eigenvalue weighted by Crippen LogP contribution is -2.03. The Morgan fingerprint density at radius 2 is 2.14 bits per heavy atom. The lowest BCUT2D eigenvalue weighted by atomic mass is 10.1. The lowest BCUT2D eigenvalue weighted by molar-refractivity contribution is -0.132. The molecule has 0 fully saturated rings. The zero-order valence-corrected chi connectivity index (χ0v) is 14.6. The molecule has 10 heteroatoms. The van der Waals surface area contributed by atoms with E-state index in [1.54, 1.807) is 6.07 Å². The summed E-state index contributed by atoms with van der Waals surface area (Å²) in [4.78, 5) is 11.1. The smallest absolute Gasteiger partial charge is 0.387 e. The van der Waals surface area contributed by atoms with E-state index in [2.05, 4.69) is 9.84 Å². The van der Waals surface area contributed by atoms with Gasteiger partial charge >= 0.3 is 12.6 Å². The molecule has 144 valence electrons. The molecular weight excluding hydrogens is 374 g/mol. The number of carboxylic acid groups (broad SMARTS) is 1. The van der Waals surface area contributed by atoms with Crippen molar-refractivity contribution in [2.45, 2.75) is 19.6 Å². The summed E-state index contributed by atoms with van der Waals surface area (Å²) >= 11 is 0. The average molecular weight is 388 g/mol. The average Bonchev–Trinajstić information content (AvgIpc) is 3.06. The van der Waals surface area contributed by atoms with E-state index < -0.39 is 18.2 Å². The van der Waals surface area contributed by atoms with Crippen LogP contribution in [0.15, 0.2) is 30.0 Å². The molecule has 1 N–H and O–H groups in total. The fraction of sp³-hybridized carbons (Fsp3) is 0.222. The second kappa shape index (κ2) is 9.14. The van der Waals surface area contributed by atoms with E-state index in [0.29, 0.717) is 11.1 Å². The normalized spacial score (nSPS) is 11.0. The van der Waals surface area contributed by atoms with Gasteiger partial charge in [0.1, 0.15) is 11.6 Å². The number of alkyl halides is 2. The van der Waals surface area contributed by atoms with Crippen molar-refractivity contribution in [3.8, 4) is 34.9 Å². The molecule has 0 radical (unpaired) electrons. The van der Waals surface area contributed by atoms with E-state index in [4.69, 9.17) is 20.4 Å². The summed E-state index contributed by atoms with van der Waals surface area (Å²) in [6.45, 7) is -2.78.